The van der Waals surface area contributed by atoms with Crippen LogP contribution in [0, 0.1) is 0 Å². The van der Waals surface area contributed by atoms with E-state index in [9.17, 15) is 4.79 Å². The number of hydrogen-bond donors (Lipinski definition) is 2. The van der Waals surface area contributed by atoms with Crippen LogP contribution in [-0.4, -0.2) is 37.0 Å². The van der Waals surface area contributed by atoms with E-state index in [1.165, 1.54) is 0 Å². The summed E-state index contributed by atoms with van der Waals surface area (Å²) >= 11 is 0. The van der Waals surface area contributed by atoms with Gasteiger partial charge in [-0.05, 0) is 24.6 Å². The van der Waals surface area contributed by atoms with E-state index in [-0.39, 0.29) is 5.91 Å². The van der Waals surface area contributed by atoms with Crippen LogP contribution in [0.5, 0.6) is 5.75 Å². The van der Waals surface area contributed by atoms with Crippen molar-refractivity contribution in [3.63, 3.8) is 0 Å². The molecule has 1 unspecified atom stereocenters. The average Bonchev–Trinajstić information content (AvgIpc) is 2.94. The van der Waals surface area contributed by atoms with Gasteiger partial charge in [-0.15, -0.1) is 0 Å². The predicted octanol–water partition coefficient (Wildman–Crippen LogP) is 0.116. The average molecular weight is 277 g/mol. The number of primary amides is 1. The number of piperazine rings is 1. The lowest BCUT2D eigenvalue weighted by molar-refractivity contribution is -0.194. The van der Waals surface area contributed by atoms with Crippen molar-refractivity contribution in [1.29, 1.82) is 0 Å². The van der Waals surface area contributed by atoms with E-state index in [4.69, 9.17) is 15.5 Å². The molecule has 20 heavy (non-hydrogen) atoms. The van der Waals surface area contributed by atoms with E-state index in [0.29, 0.717) is 12.4 Å². The van der Waals surface area contributed by atoms with E-state index in [0.717, 1.165) is 37.3 Å². The molecule has 0 bridgehead atoms. The molecule has 0 aromatic heterocycles. The number of nitrogens with zero attached hydrogens (tertiary/aromatic N) is 1. The molecule has 1 atom stereocenters. The van der Waals surface area contributed by atoms with E-state index in [2.05, 4.69) is 10.2 Å². The van der Waals surface area contributed by atoms with Crippen LogP contribution in [-0.2, 0) is 21.8 Å². The Morgan fingerprint density at radius 1 is 1.40 bits per heavy atom. The minimum absolute atomic E-state index is 0.334. The molecule has 1 aromatic rings. The molecule has 108 valence electrons. The van der Waals surface area contributed by atoms with Crippen molar-refractivity contribution < 1.29 is 14.6 Å². The fourth-order valence-corrected chi connectivity index (χ4v) is 2.83. The summed E-state index contributed by atoms with van der Waals surface area (Å²) in [4.78, 5) is 24.2. The summed E-state index contributed by atoms with van der Waals surface area (Å²) < 4.78 is 0. The standard InChI is InChI=1S/C14H19N3O3/c1-14(13(15)18,17-6-4-16-5-7-17)11-2-3-12-10(8-11)9-19-20-12/h2-3,8,16H,4-7,9H2,1H3,(H2,15,18). The van der Waals surface area contributed by atoms with E-state index in [1.54, 1.807) is 0 Å². The first-order valence-electron chi connectivity index (χ1n) is 6.81. The van der Waals surface area contributed by atoms with E-state index in [1.807, 2.05) is 25.1 Å². The Morgan fingerprint density at radius 2 is 2.15 bits per heavy atom. The third kappa shape index (κ3) is 2.06. The summed E-state index contributed by atoms with van der Waals surface area (Å²) in [5.41, 5.74) is 6.75. The number of nitrogens with two attached hydrogens (primary N) is 1. The Balaban J connectivity index is 1.99. The van der Waals surface area contributed by atoms with Gasteiger partial charge in [0, 0.05) is 31.7 Å². The number of amides is 1. The van der Waals surface area contributed by atoms with Gasteiger partial charge in [-0.3, -0.25) is 9.69 Å². The van der Waals surface area contributed by atoms with Crippen LogP contribution in [0.25, 0.3) is 0 Å². The Bertz CT molecular complexity index is 528. The predicted molar refractivity (Wildman–Crippen MR) is 72.8 cm³/mol. The Kier molecular flexibility index (Phi) is 3.37. The van der Waals surface area contributed by atoms with Crippen LogP contribution in [0.2, 0.25) is 0 Å². The van der Waals surface area contributed by atoms with Gasteiger partial charge >= 0.3 is 0 Å². The summed E-state index contributed by atoms with van der Waals surface area (Å²) in [5, 5.41) is 3.29. The Labute approximate surface area is 117 Å². The highest BCUT2D eigenvalue weighted by Crippen LogP contribution is 2.34. The smallest absolute Gasteiger partial charge is 0.242 e. The van der Waals surface area contributed by atoms with Crippen molar-refractivity contribution in [2.45, 2.75) is 19.1 Å². The molecule has 6 nitrogen and oxygen atoms in total. The lowest BCUT2D eigenvalue weighted by Gasteiger charge is -2.41. The van der Waals surface area contributed by atoms with Crippen LogP contribution in [0.1, 0.15) is 18.1 Å². The molecule has 0 radical (unpaired) electrons. The molecule has 1 amide bonds. The van der Waals surface area contributed by atoms with Gasteiger partial charge in [-0.25, -0.2) is 0 Å². The molecule has 0 aliphatic carbocycles. The van der Waals surface area contributed by atoms with Gasteiger partial charge in [0.15, 0.2) is 5.75 Å². The SMILES string of the molecule is CC(C(N)=O)(c1ccc2c(c1)COO2)N1CCNCC1. The van der Waals surface area contributed by atoms with Gasteiger partial charge in [0.05, 0.1) is 0 Å². The van der Waals surface area contributed by atoms with E-state index >= 15 is 0 Å². The monoisotopic (exact) mass is 277 g/mol. The fraction of sp³-hybridized carbons (Fsp3) is 0.500. The molecule has 0 saturated carbocycles. The zero-order valence-electron chi connectivity index (χ0n) is 11.5. The highest BCUT2D eigenvalue weighted by Gasteiger charge is 2.40. The fourth-order valence-electron chi connectivity index (χ4n) is 2.83. The molecule has 2 aliphatic rings. The largest absolute Gasteiger partial charge is 0.368 e. The molecule has 2 aliphatic heterocycles. The molecule has 3 N–H and O–H groups in total. The third-order valence-corrected chi connectivity index (χ3v) is 4.21. The molecular weight excluding hydrogens is 258 g/mol. The quantitative estimate of drug-likeness (QED) is 0.767. The number of hydrogen-bond acceptors (Lipinski definition) is 5. The number of nitrogens with one attached hydrogen (secondary N) is 1. The topological polar surface area (TPSA) is 76.8 Å². The van der Waals surface area contributed by atoms with Crippen LogP contribution < -0.4 is 15.9 Å². The van der Waals surface area contributed by atoms with Crippen molar-refractivity contribution in [3.8, 4) is 5.75 Å². The molecule has 6 heteroatoms. The van der Waals surface area contributed by atoms with Crippen LogP contribution in [0.15, 0.2) is 18.2 Å². The minimum Gasteiger partial charge on any atom is -0.368 e. The first kappa shape index (κ1) is 13.4. The Hall–Kier alpha value is -1.63. The molecular formula is C14H19N3O3. The van der Waals surface area contributed by atoms with Crippen molar-refractivity contribution >= 4 is 5.91 Å². The van der Waals surface area contributed by atoms with Gasteiger partial charge in [-0.1, -0.05) is 6.07 Å². The third-order valence-electron chi connectivity index (χ3n) is 4.21. The number of fused-ring (bicyclic) bond motifs is 1. The first-order chi connectivity index (χ1) is 9.62. The second-order valence-corrected chi connectivity index (χ2v) is 5.34. The molecule has 3 rings (SSSR count). The summed E-state index contributed by atoms with van der Waals surface area (Å²) in [7, 11) is 0. The van der Waals surface area contributed by atoms with Gasteiger partial charge < -0.3 is 15.9 Å². The zero-order valence-corrected chi connectivity index (χ0v) is 11.5. The lowest BCUT2D eigenvalue weighted by Crippen LogP contribution is -2.58. The van der Waals surface area contributed by atoms with Crippen molar-refractivity contribution in [1.82, 2.24) is 10.2 Å². The van der Waals surface area contributed by atoms with Gasteiger partial charge in [-0.2, -0.15) is 4.89 Å². The second-order valence-electron chi connectivity index (χ2n) is 5.34. The normalized spacial score (nSPS) is 21.9. The molecule has 1 fully saturated rings. The minimum atomic E-state index is -0.806. The zero-order chi connectivity index (χ0) is 14.2. The number of benzene rings is 1. The molecule has 0 spiro atoms. The maximum absolute atomic E-state index is 12.1. The molecule has 1 saturated heterocycles. The number of carbonyl (C=O) groups excluding carboxylic acids is 1. The van der Waals surface area contributed by atoms with Crippen molar-refractivity contribution in [2.75, 3.05) is 26.2 Å². The van der Waals surface area contributed by atoms with Gasteiger partial charge in [0.1, 0.15) is 12.1 Å². The summed E-state index contributed by atoms with van der Waals surface area (Å²) in [5.74, 6) is 0.375. The maximum atomic E-state index is 12.1. The Morgan fingerprint density at radius 3 is 2.85 bits per heavy atom. The summed E-state index contributed by atoms with van der Waals surface area (Å²) in [6.07, 6.45) is 0. The highest BCUT2D eigenvalue weighted by atomic mass is 17.2. The van der Waals surface area contributed by atoms with Crippen molar-refractivity contribution in [2.24, 2.45) is 5.73 Å². The summed E-state index contributed by atoms with van der Waals surface area (Å²) in [6, 6.07) is 5.68. The highest BCUT2D eigenvalue weighted by molar-refractivity contribution is 5.86. The van der Waals surface area contributed by atoms with E-state index < -0.39 is 5.54 Å². The van der Waals surface area contributed by atoms with Crippen LogP contribution in [0.3, 0.4) is 0 Å². The maximum Gasteiger partial charge on any atom is 0.242 e. The van der Waals surface area contributed by atoms with Crippen molar-refractivity contribution in [3.05, 3.63) is 29.3 Å². The summed E-state index contributed by atoms with van der Waals surface area (Å²) in [6.45, 7) is 5.60. The number of carbonyl (C=O) groups is 1. The molecule has 1 aromatic carbocycles. The number of rotatable bonds is 3. The first-order valence-corrected chi connectivity index (χ1v) is 6.81. The van der Waals surface area contributed by atoms with Crippen LogP contribution in [0.4, 0.5) is 0 Å². The second kappa shape index (κ2) is 5.05. The lowest BCUT2D eigenvalue weighted by atomic mass is 9.87. The van der Waals surface area contributed by atoms with Crippen LogP contribution >= 0.6 is 0 Å². The van der Waals surface area contributed by atoms with Gasteiger partial charge in [0.25, 0.3) is 0 Å². The molecule has 2 heterocycles. The van der Waals surface area contributed by atoms with Gasteiger partial charge in [0.2, 0.25) is 5.91 Å².